The van der Waals surface area contributed by atoms with Crippen LogP contribution in [0.2, 0.25) is 10.0 Å². The molecule has 0 aliphatic heterocycles. The van der Waals surface area contributed by atoms with E-state index in [-0.39, 0.29) is 10.9 Å². The molecule has 0 bridgehead atoms. The Morgan fingerprint density at radius 1 is 1.08 bits per heavy atom. The number of halogens is 2. The lowest BCUT2D eigenvalue weighted by molar-refractivity contribution is 0.102. The molecule has 0 aromatic heterocycles. The summed E-state index contributed by atoms with van der Waals surface area (Å²) in [5.74, 6) is -0.341. The summed E-state index contributed by atoms with van der Waals surface area (Å²) in [4.78, 5) is 23.3. The molecule has 0 radical (unpaired) electrons. The molecule has 0 heterocycles. The number of hydrogen-bond donors (Lipinski definition) is 2. The fourth-order valence-corrected chi connectivity index (χ4v) is 2.40. The molecule has 6 nitrogen and oxygen atoms in total. The first kappa shape index (κ1) is 18.8. The Kier molecular flexibility index (Phi) is 6.38. The highest BCUT2D eigenvalue weighted by Crippen LogP contribution is 2.22. The van der Waals surface area contributed by atoms with Crippen molar-refractivity contribution in [2.75, 3.05) is 12.4 Å². The fourth-order valence-electron chi connectivity index (χ4n) is 1.91. The number of nitrogens with zero attached hydrogens (tertiary/aromatic N) is 1. The first-order valence-electron chi connectivity index (χ1n) is 7.16. The van der Waals surface area contributed by atoms with Crippen LogP contribution in [0.3, 0.4) is 0 Å². The molecule has 8 heteroatoms. The third kappa shape index (κ3) is 5.20. The predicted molar refractivity (Wildman–Crippen MR) is 98.6 cm³/mol. The summed E-state index contributed by atoms with van der Waals surface area (Å²) in [7, 11) is 1.25. The number of hydrazone groups is 1. The van der Waals surface area contributed by atoms with E-state index in [0.29, 0.717) is 22.0 Å². The van der Waals surface area contributed by atoms with Gasteiger partial charge in [0.2, 0.25) is 0 Å². The van der Waals surface area contributed by atoms with Crippen LogP contribution in [0.25, 0.3) is 0 Å². The van der Waals surface area contributed by atoms with Gasteiger partial charge < -0.3 is 10.1 Å². The molecular formula is C17H15Cl2N3O3. The minimum atomic E-state index is -0.650. The molecule has 0 saturated carbocycles. The monoisotopic (exact) mass is 379 g/mol. The van der Waals surface area contributed by atoms with E-state index >= 15 is 0 Å². The van der Waals surface area contributed by atoms with E-state index in [2.05, 4.69) is 20.6 Å². The van der Waals surface area contributed by atoms with E-state index < -0.39 is 6.09 Å². The molecule has 0 aliphatic carbocycles. The van der Waals surface area contributed by atoms with Crippen LogP contribution in [0.15, 0.2) is 47.6 Å². The van der Waals surface area contributed by atoms with E-state index in [1.54, 1.807) is 43.3 Å². The highest BCUT2D eigenvalue weighted by molar-refractivity contribution is 6.37. The van der Waals surface area contributed by atoms with Gasteiger partial charge >= 0.3 is 6.09 Å². The Morgan fingerprint density at radius 2 is 1.76 bits per heavy atom. The number of carbonyl (C=O) groups excluding carboxylic acids is 2. The SMILES string of the molecule is COC(=O)N/N=C(\C)c1ccc(NC(=O)c2ccc(Cl)cc2Cl)cc1. The summed E-state index contributed by atoms with van der Waals surface area (Å²) in [5, 5.41) is 7.38. The second kappa shape index (κ2) is 8.50. The molecule has 130 valence electrons. The second-order valence-corrected chi connectivity index (χ2v) is 5.80. The van der Waals surface area contributed by atoms with E-state index in [1.807, 2.05) is 0 Å². The fraction of sp³-hybridized carbons (Fsp3) is 0.118. The Balaban J connectivity index is 2.07. The predicted octanol–water partition coefficient (Wildman–Crippen LogP) is 4.33. The third-order valence-electron chi connectivity index (χ3n) is 3.24. The zero-order valence-electron chi connectivity index (χ0n) is 13.5. The van der Waals surface area contributed by atoms with Crippen molar-refractivity contribution < 1.29 is 14.3 Å². The summed E-state index contributed by atoms with van der Waals surface area (Å²) < 4.78 is 4.43. The van der Waals surface area contributed by atoms with Gasteiger partial charge in [0.25, 0.3) is 5.91 Å². The minimum Gasteiger partial charge on any atom is -0.452 e. The zero-order chi connectivity index (χ0) is 18.4. The first-order chi connectivity index (χ1) is 11.9. The van der Waals surface area contributed by atoms with Gasteiger partial charge in [-0.3, -0.25) is 4.79 Å². The molecule has 2 aromatic carbocycles. The molecular weight excluding hydrogens is 365 g/mol. The Hall–Kier alpha value is -2.57. The maximum Gasteiger partial charge on any atom is 0.427 e. The number of hydrogen-bond acceptors (Lipinski definition) is 4. The van der Waals surface area contributed by atoms with Crippen molar-refractivity contribution in [2.45, 2.75) is 6.92 Å². The molecule has 2 amide bonds. The average molecular weight is 380 g/mol. The van der Waals surface area contributed by atoms with Gasteiger partial charge in [-0.05, 0) is 42.8 Å². The van der Waals surface area contributed by atoms with Crippen LogP contribution in [-0.4, -0.2) is 24.8 Å². The van der Waals surface area contributed by atoms with Crippen molar-refractivity contribution in [3.05, 3.63) is 63.6 Å². The van der Waals surface area contributed by atoms with E-state index in [1.165, 1.54) is 13.2 Å². The number of ether oxygens (including phenoxy) is 1. The van der Waals surface area contributed by atoms with Crippen molar-refractivity contribution in [3.8, 4) is 0 Å². The van der Waals surface area contributed by atoms with Gasteiger partial charge in [-0.15, -0.1) is 0 Å². The quantitative estimate of drug-likeness (QED) is 0.612. The highest BCUT2D eigenvalue weighted by atomic mass is 35.5. The normalized spacial score (nSPS) is 11.0. The summed E-state index contributed by atoms with van der Waals surface area (Å²) in [6, 6.07) is 11.6. The molecule has 2 N–H and O–H groups in total. The lowest BCUT2D eigenvalue weighted by Crippen LogP contribution is -2.18. The Morgan fingerprint density at radius 3 is 2.36 bits per heavy atom. The smallest absolute Gasteiger partial charge is 0.427 e. The highest BCUT2D eigenvalue weighted by Gasteiger charge is 2.11. The zero-order valence-corrected chi connectivity index (χ0v) is 15.0. The standard InChI is InChI=1S/C17H15Cl2N3O3/c1-10(21-22-17(24)25-2)11-3-6-13(7-4-11)20-16(23)14-8-5-12(18)9-15(14)19/h3-9H,1-2H3,(H,20,23)(H,22,24)/b21-10+. The minimum absolute atomic E-state index is 0.276. The van der Waals surface area contributed by atoms with Gasteiger partial charge in [-0.25, -0.2) is 10.2 Å². The topological polar surface area (TPSA) is 79.8 Å². The second-order valence-electron chi connectivity index (χ2n) is 4.96. The number of nitrogens with one attached hydrogen (secondary N) is 2. The Labute approximate surface area is 154 Å². The largest absolute Gasteiger partial charge is 0.452 e. The molecule has 0 aliphatic rings. The maximum absolute atomic E-state index is 12.3. The van der Waals surface area contributed by atoms with Crippen molar-refractivity contribution in [1.82, 2.24) is 5.43 Å². The molecule has 0 spiro atoms. The molecule has 0 saturated heterocycles. The van der Waals surface area contributed by atoms with Crippen molar-refractivity contribution in [2.24, 2.45) is 5.10 Å². The van der Waals surface area contributed by atoms with Gasteiger partial charge in [-0.2, -0.15) is 5.10 Å². The van der Waals surface area contributed by atoms with Crippen LogP contribution >= 0.6 is 23.2 Å². The third-order valence-corrected chi connectivity index (χ3v) is 3.78. The first-order valence-corrected chi connectivity index (χ1v) is 7.91. The van der Waals surface area contributed by atoms with E-state index in [4.69, 9.17) is 23.2 Å². The van der Waals surface area contributed by atoms with Crippen LogP contribution in [0.5, 0.6) is 0 Å². The maximum atomic E-state index is 12.3. The van der Waals surface area contributed by atoms with Crippen molar-refractivity contribution in [1.29, 1.82) is 0 Å². The number of rotatable bonds is 4. The van der Waals surface area contributed by atoms with Gasteiger partial charge in [0.05, 0.1) is 23.4 Å². The number of amides is 2. The van der Waals surface area contributed by atoms with Crippen LogP contribution in [0.1, 0.15) is 22.8 Å². The van der Waals surface area contributed by atoms with E-state index in [0.717, 1.165) is 5.56 Å². The number of methoxy groups -OCH3 is 1. The lowest BCUT2D eigenvalue weighted by Gasteiger charge is -2.08. The van der Waals surface area contributed by atoms with Gasteiger partial charge in [0.1, 0.15) is 0 Å². The summed E-state index contributed by atoms with van der Waals surface area (Å²) in [6.07, 6.45) is -0.650. The van der Waals surface area contributed by atoms with E-state index in [9.17, 15) is 9.59 Å². The number of benzene rings is 2. The summed E-state index contributed by atoms with van der Waals surface area (Å²) in [6.45, 7) is 1.73. The molecule has 0 fully saturated rings. The Bertz CT molecular complexity index is 820. The van der Waals surface area contributed by atoms with Gasteiger partial charge in [0.15, 0.2) is 0 Å². The van der Waals surface area contributed by atoms with Crippen molar-refractivity contribution >= 4 is 46.6 Å². The molecule has 25 heavy (non-hydrogen) atoms. The van der Waals surface area contributed by atoms with Crippen LogP contribution < -0.4 is 10.7 Å². The van der Waals surface area contributed by atoms with Crippen LogP contribution in [-0.2, 0) is 4.74 Å². The molecule has 0 unspecified atom stereocenters. The molecule has 0 atom stereocenters. The van der Waals surface area contributed by atoms with Gasteiger partial charge in [-0.1, -0.05) is 35.3 Å². The number of anilines is 1. The summed E-state index contributed by atoms with van der Waals surface area (Å²) >= 11 is 11.8. The van der Waals surface area contributed by atoms with Crippen LogP contribution in [0.4, 0.5) is 10.5 Å². The van der Waals surface area contributed by atoms with Crippen molar-refractivity contribution in [3.63, 3.8) is 0 Å². The average Bonchev–Trinajstić information content (AvgIpc) is 2.59. The lowest BCUT2D eigenvalue weighted by atomic mass is 10.1. The molecule has 2 aromatic rings. The van der Waals surface area contributed by atoms with Crippen LogP contribution in [0, 0.1) is 0 Å². The number of carbonyl (C=O) groups is 2. The summed E-state index contributed by atoms with van der Waals surface area (Å²) in [5.41, 5.74) is 4.53. The van der Waals surface area contributed by atoms with Gasteiger partial charge in [0, 0.05) is 10.7 Å². The molecule has 2 rings (SSSR count).